The van der Waals surface area contributed by atoms with Gasteiger partial charge in [-0.3, -0.25) is 4.68 Å². The van der Waals surface area contributed by atoms with Crippen LogP contribution in [0, 0.1) is 0 Å². The minimum Gasteiger partial charge on any atom is -0.480 e. The highest BCUT2D eigenvalue weighted by molar-refractivity contribution is 5.50. The van der Waals surface area contributed by atoms with Gasteiger partial charge in [0.25, 0.3) is 0 Å². The summed E-state index contributed by atoms with van der Waals surface area (Å²) in [4.78, 5) is 13.0. The van der Waals surface area contributed by atoms with Crippen LogP contribution in [0.3, 0.4) is 0 Å². The van der Waals surface area contributed by atoms with Gasteiger partial charge in [0.1, 0.15) is 18.0 Å². The van der Waals surface area contributed by atoms with Crippen LogP contribution in [0.2, 0.25) is 0 Å². The molecular formula is C17H27N7O2. The van der Waals surface area contributed by atoms with Crippen LogP contribution in [0.4, 0.5) is 11.6 Å². The molecule has 1 fully saturated rings. The summed E-state index contributed by atoms with van der Waals surface area (Å²) >= 11 is 0. The Kier molecular flexibility index (Phi) is 5.58. The highest BCUT2D eigenvalue weighted by atomic mass is 16.5. The van der Waals surface area contributed by atoms with E-state index in [1.807, 2.05) is 33.4 Å². The molecule has 142 valence electrons. The first-order chi connectivity index (χ1) is 12.5. The van der Waals surface area contributed by atoms with Gasteiger partial charge < -0.3 is 25.0 Å². The van der Waals surface area contributed by atoms with Gasteiger partial charge >= 0.3 is 0 Å². The molecule has 2 N–H and O–H groups in total. The van der Waals surface area contributed by atoms with Gasteiger partial charge in [0.05, 0.1) is 18.8 Å². The minimum absolute atomic E-state index is 0.237. The fourth-order valence-electron chi connectivity index (χ4n) is 3.36. The molecule has 9 nitrogen and oxygen atoms in total. The highest BCUT2D eigenvalue weighted by Gasteiger charge is 2.32. The van der Waals surface area contributed by atoms with Gasteiger partial charge in [0, 0.05) is 45.0 Å². The first-order valence-electron chi connectivity index (χ1n) is 8.68. The van der Waals surface area contributed by atoms with E-state index in [1.165, 1.54) is 0 Å². The lowest BCUT2D eigenvalue weighted by molar-refractivity contribution is 0.191. The number of aliphatic hydroxyl groups excluding tert-OH is 1. The van der Waals surface area contributed by atoms with E-state index in [0.717, 1.165) is 30.2 Å². The second-order valence-electron chi connectivity index (χ2n) is 6.91. The van der Waals surface area contributed by atoms with Crippen LogP contribution in [0.15, 0.2) is 18.6 Å². The third-order valence-corrected chi connectivity index (χ3v) is 4.43. The van der Waals surface area contributed by atoms with Crippen molar-refractivity contribution in [3.8, 4) is 5.88 Å². The zero-order valence-corrected chi connectivity index (χ0v) is 15.8. The predicted molar refractivity (Wildman–Crippen MR) is 99.4 cm³/mol. The molecule has 0 unspecified atom stereocenters. The van der Waals surface area contributed by atoms with E-state index in [1.54, 1.807) is 18.1 Å². The van der Waals surface area contributed by atoms with E-state index >= 15 is 0 Å². The maximum atomic E-state index is 10.1. The van der Waals surface area contributed by atoms with E-state index in [9.17, 15) is 5.11 Å². The lowest BCUT2D eigenvalue weighted by Crippen LogP contribution is -2.38. The molecule has 0 saturated carbocycles. The number of anilines is 2. The number of methoxy groups -OCH3 is 1. The molecule has 2 atom stereocenters. The molecule has 9 heteroatoms. The summed E-state index contributed by atoms with van der Waals surface area (Å²) in [5.41, 5.74) is 0.956. The normalized spacial score (nSPS) is 20.0. The lowest BCUT2D eigenvalue weighted by atomic mass is 10.2. The molecule has 1 aliphatic heterocycles. The number of hydrogen-bond acceptors (Lipinski definition) is 8. The molecule has 1 aliphatic rings. The molecule has 26 heavy (non-hydrogen) atoms. The van der Waals surface area contributed by atoms with E-state index < -0.39 is 0 Å². The summed E-state index contributed by atoms with van der Waals surface area (Å²) in [5.74, 6) is 2.15. The summed E-state index contributed by atoms with van der Waals surface area (Å²) in [6.45, 7) is 2.01. The number of hydrogen-bond donors (Lipinski definition) is 2. The molecule has 2 aromatic rings. The Balaban J connectivity index is 1.71. The zero-order chi connectivity index (χ0) is 18.7. The van der Waals surface area contributed by atoms with E-state index in [2.05, 4.69) is 30.2 Å². The molecule has 2 aromatic heterocycles. The smallest absolute Gasteiger partial charge is 0.237 e. The van der Waals surface area contributed by atoms with Gasteiger partial charge in [-0.05, 0) is 20.5 Å². The maximum absolute atomic E-state index is 10.1. The summed E-state index contributed by atoms with van der Waals surface area (Å²) in [6, 6.07) is 2.16. The van der Waals surface area contributed by atoms with Crippen LogP contribution in [0.5, 0.6) is 5.88 Å². The molecular weight excluding hydrogens is 334 g/mol. The van der Waals surface area contributed by atoms with Crippen LogP contribution in [-0.2, 0) is 13.6 Å². The van der Waals surface area contributed by atoms with Gasteiger partial charge in [-0.15, -0.1) is 5.10 Å². The van der Waals surface area contributed by atoms with Crippen molar-refractivity contribution in [2.45, 2.75) is 25.1 Å². The van der Waals surface area contributed by atoms with Crippen LogP contribution in [0.25, 0.3) is 0 Å². The predicted octanol–water partition coefficient (Wildman–Crippen LogP) is 0.332. The maximum Gasteiger partial charge on any atom is 0.237 e. The van der Waals surface area contributed by atoms with Crippen molar-refractivity contribution in [3.05, 3.63) is 24.2 Å². The number of nitrogens with zero attached hydrogens (tertiary/aromatic N) is 6. The molecule has 0 aromatic carbocycles. The van der Waals surface area contributed by atoms with Gasteiger partial charge in [-0.1, -0.05) is 0 Å². The van der Waals surface area contributed by atoms with Gasteiger partial charge in [0.15, 0.2) is 0 Å². The Morgan fingerprint density at radius 1 is 1.38 bits per heavy atom. The molecule has 3 rings (SSSR count). The molecule has 3 heterocycles. The van der Waals surface area contributed by atoms with Crippen molar-refractivity contribution in [1.29, 1.82) is 0 Å². The van der Waals surface area contributed by atoms with Crippen LogP contribution in [0.1, 0.15) is 12.0 Å². The SMILES string of the molecule is COc1nn(C)cc1CNc1cc(N2C[C@H](O)C[C@@H]2CN(C)C)ncn1. The molecule has 0 spiro atoms. The Hall–Kier alpha value is -2.39. The average Bonchev–Trinajstić information content (AvgIpc) is 3.14. The van der Waals surface area contributed by atoms with Crippen LogP contribution in [-0.4, -0.2) is 76.2 Å². The topological polar surface area (TPSA) is 91.6 Å². The summed E-state index contributed by atoms with van der Waals surface area (Å²) < 4.78 is 7.00. The van der Waals surface area contributed by atoms with Crippen molar-refractivity contribution < 1.29 is 9.84 Å². The van der Waals surface area contributed by atoms with Crippen molar-refractivity contribution in [2.75, 3.05) is 44.5 Å². The molecule has 0 amide bonds. The number of ether oxygens (including phenoxy) is 1. The van der Waals surface area contributed by atoms with Crippen molar-refractivity contribution >= 4 is 11.6 Å². The standard InChI is InChI=1S/C17H27N7O2/c1-22(2)9-13-5-14(25)10-24(13)16-6-15(19-11-20-16)18-7-12-8-23(3)21-17(12)26-4/h6,8,11,13-14,25H,5,7,9-10H2,1-4H3,(H,18,19,20)/t13-,14-/m1/s1. The van der Waals surface area contributed by atoms with Crippen molar-refractivity contribution in [2.24, 2.45) is 7.05 Å². The number of aliphatic hydroxyl groups is 1. The number of β-amino-alcohol motifs (C(OH)–C–C–N with tert-alkyl or cyclic N) is 1. The van der Waals surface area contributed by atoms with Gasteiger partial charge in [-0.2, -0.15) is 0 Å². The monoisotopic (exact) mass is 361 g/mol. The average molecular weight is 361 g/mol. The van der Waals surface area contributed by atoms with Crippen LogP contribution >= 0.6 is 0 Å². The number of aromatic nitrogens is 4. The molecule has 0 radical (unpaired) electrons. The minimum atomic E-state index is -0.328. The van der Waals surface area contributed by atoms with Crippen LogP contribution < -0.4 is 15.0 Å². The molecule has 1 saturated heterocycles. The number of nitrogens with one attached hydrogen (secondary N) is 1. The zero-order valence-electron chi connectivity index (χ0n) is 15.8. The Labute approximate surface area is 153 Å². The fraction of sp³-hybridized carbons (Fsp3) is 0.588. The molecule has 0 aliphatic carbocycles. The van der Waals surface area contributed by atoms with Crippen molar-refractivity contribution in [3.63, 3.8) is 0 Å². The summed E-state index contributed by atoms with van der Waals surface area (Å²) in [5, 5.41) is 17.6. The summed E-state index contributed by atoms with van der Waals surface area (Å²) in [6.07, 6.45) is 3.89. The first-order valence-corrected chi connectivity index (χ1v) is 8.68. The third-order valence-electron chi connectivity index (χ3n) is 4.43. The highest BCUT2D eigenvalue weighted by Crippen LogP contribution is 2.26. The quantitative estimate of drug-likeness (QED) is 0.729. The first kappa shape index (κ1) is 18.4. The van der Waals surface area contributed by atoms with E-state index in [-0.39, 0.29) is 12.1 Å². The summed E-state index contributed by atoms with van der Waals surface area (Å²) in [7, 11) is 7.55. The Morgan fingerprint density at radius 2 is 2.19 bits per heavy atom. The van der Waals surface area contributed by atoms with Crippen molar-refractivity contribution in [1.82, 2.24) is 24.6 Å². The second-order valence-corrected chi connectivity index (χ2v) is 6.91. The fourth-order valence-corrected chi connectivity index (χ4v) is 3.36. The van der Waals surface area contributed by atoms with E-state index in [0.29, 0.717) is 19.0 Å². The number of rotatable bonds is 7. The molecule has 0 bridgehead atoms. The third kappa shape index (κ3) is 4.23. The Morgan fingerprint density at radius 3 is 2.92 bits per heavy atom. The van der Waals surface area contributed by atoms with Gasteiger partial charge in [-0.25, -0.2) is 9.97 Å². The number of likely N-dealkylation sites (N-methyl/N-ethyl adjacent to an activating group) is 1. The van der Waals surface area contributed by atoms with E-state index in [4.69, 9.17) is 4.74 Å². The lowest BCUT2D eigenvalue weighted by Gasteiger charge is -2.27. The largest absolute Gasteiger partial charge is 0.480 e. The second kappa shape index (κ2) is 7.88. The number of aryl methyl sites for hydroxylation is 1. The Bertz CT molecular complexity index is 734. The van der Waals surface area contributed by atoms with Gasteiger partial charge in [0.2, 0.25) is 5.88 Å².